The van der Waals surface area contributed by atoms with E-state index in [0.717, 1.165) is 23.5 Å². The van der Waals surface area contributed by atoms with E-state index < -0.39 is 0 Å². The van der Waals surface area contributed by atoms with Crippen LogP contribution in [0, 0.1) is 13.8 Å². The fraction of sp³-hybridized carbons (Fsp3) is 0.350. The van der Waals surface area contributed by atoms with Gasteiger partial charge in [0, 0.05) is 31.4 Å². The van der Waals surface area contributed by atoms with Crippen LogP contribution in [-0.2, 0) is 18.3 Å². The van der Waals surface area contributed by atoms with E-state index in [9.17, 15) is 4.79 Å². The van der Waals surface area contributed by atoms with E-state index in [0.29, 0.717) is 5.95 Å². The van der Waals surface area contributed by atoms with E-state index in [1.54, 1.807) is 12.4 Å². The van der Waals surface area contributed by atoms with Crippen LogP contribution < -0.4 is 5.32 Å². The number of hydrogen-bond donors (Lipinski definition) is 1. The summed E-state index contributed by atoms with van der Waals surface area (Å²) in [7, 11) is 1.91. The molecule has 0 saturated heterocycles. The zero-order valence-electron chi connectivity index (χ0n) is 15.9. The monoisotopic (exact) mass is 351 g/mol. The van der Waals surface area contributed by atoms with E-state index >= 15 is 0 Å². The first-order chi connectivity index (χ1) is 12.4. The number of nitrogens with zero attached hydrogens (tertiary/aromatic N) is 4. The van der Waals surface area contributed by atoms with E-state index in [1.165, 1.54) is 11.1 Å². The first-order valence-corrected chi connectivity index (χ1v) is 8.84. The normalized spacial score (nSPS) is 12.2. The molecule has 1 aromatic carbocycles. The number of carbonyl (C=O) groups is 1. The van der Waals surface area contributed by atoms with Gasteiger partial charge >= 0.3 is 0 Å². The third-order valence-corrected chi connectivity index (χ3v) is 4.89. The van der Waals surface area contributed by atoms with Crippen LogP contribution in [0.3, 0.4) is 0 Å². The van der Waals surface area contributed by atoms with Crippen molar-refractivity contribution >= 4 is 11.9 Å². The van der Waals surface area contributed by atoms with Crippen molar-refractivity contribution in [1.29, 1.82) is 0 Å². The third kappa shape index (κ3) is 3.27. The largest absolute Gasteiger partial charge is 0.323 e. The fourth-order valence-electron chi connectivity index (χ4n) is 3.01. The molecule has 3 rings (SSSR count). The highest BCUT2D eigenvalue weighted by atomic mass is 16.2. The van der Waals surface area contributed by atoms with Gasteiger partial charge in [0.2, 0.25) is 11.9 Å². The maximum Gasteiger partial charge on any atom is 0.249 e. The van der Waals surface area contributed by atoms with Crippen LogP contribution in [0.1, 0.15) is 36.8 Å². The summed E-state index contributed by atoms with van der Waals surface area (Å²) in [6.07, 6.45) is 6.13. The molecule has 0 spiro atoms. The van der Waals surface area contributed by atoms with Crippen molar-refractivity contribution < 1.29 is 4.79 Å². The molecule has 2 heterocycles. The average molecular weight is 351 g/mol. The minimum absolute atomic E-state index is 0.113. The summed E-state index contributed by atoms with van der Waals surface area (Å²) in [5, 5.41) is 2.93. The zero-order valence-corrected chi connectivity index (χ0v) is 15.9. The van der Waals surface area contributed by atoms with Gasteiger partial charge in [0.1, 0.15) is 11.9 Å². The minimum atomic E-state index is -0.353. The number of aryl methyl sites for hydroxylation is 3. The second kappa shape index (κ2) is 7.15. The highest BCUT2D eigenvalue weighted by Crippen LogP contribution is 2.24. The van der Waals surface area contributed by atoms with Gasteiger partial charge in [-0.25, -0.2) is 9.97 Å². The Kier molecular flexibility index (Phi) is 4.93. The molecule has 0 fully saturated rings. The van der Waals surface area contributed by atoms with Crippen LogP contribution in [0.5, 0.6) is 0 Å². The number of nitrogens with one attached hydrogen (secondary N) is 1. The number of anilines is 1. The molecule has 6 heteroatoms. The SMILES string of the molecule is CCc1nccn1[C@@H](C)C(=O)Nc1ncc(-c2ccc(C)c(C)c2)n1C. The molecule has 1 atom stereocenters. The van der Waals surface area contributed by atoms with Crippen molar-refractivity contribution in [3.05, 3.63) is 53.7 Å². The molecule has 0 bridgehead atoms. The number of amides is 1. The average Bonchev–Trinajstić information content (AvgIpc) is 3.24. The number of imidazole rings is 2. The Morgan fingerprint density at radius 2 is 2.00 bits per heavy atom. The molecule has 6 nitrogen and oxygen atoms in total. The van der Waals surface area contributed by atoms with Gasteiger partial charge in [0.05, 0.1) is 11.9 Å². The molecule has 2 aromatic heterocycles. The van der Waals surface area contributed by atoms with E-state index in [2.05, 4.69) is 47.3 Å². The predicted molar refractivity (Wildman–Crippen MR) is 103 cm³/mol. The Morgan fingerprint density at radius 3 is 2.69 bits per heavy atom. The van der Waals surface area contributed by atoms with E-state index in [1.807, 2.05) is 36.2 Å². The second-order valence-electron chi connectivity index (χ2n) is 6.59. The third-order valence-electron chi connectivity index (χ3n) is 4.89. The van der Waals surface area contributed by atoms with Crippen LogP contribution in [0.2, 0.25) is 0 Å². The highest BCUT2D eigenvalue weighted by Gasteiger charge is 2.19. The molecule has 3 aromatic rings. The molecular weight excluding hydrogens is 326 g/mol. The van der Waals surface area contributed by atoms with Gasteiger partial charge in [-0.2, -0.15) is 0 Å². The smallest absolute Gasteiger partial charge is 0.249 e. The lowest BCUT2D eigenvalue weighted by Crippen LogP contribution is -2.25. The molecule has 0 unspecified atom stereocenters. The molecule has 1 N–H and O–H groups in total. The van der Waals surface area contributed by atoms with Crippen molar-refractivity contribution in [3.8, 4) is 11.3 Å². The van der Waals surface area contributed by atoms with Crippen LogP contribution in [0.25, 0.3) is 11.3 Å². The van der Waals surface area contributed by atoms with Crippen LogP contribution in [0.4, 0.5) is 5.95 Å². The summed E-state index contributed by atoms with van der Waals surface area (Å²) in [6.45, 7) is 8.08. The van der Waals surface area contributed by atoms with Crippen molar-refractivity contribution in [1.82, 2.24) is 19.1 Å². The summed E-state index contributed by atoms with van der Waals surface area (Å²) in [6, 6.07) is 5.96. The van der Waals surface area contributed by atoms with Crippen LogP contribution in [-0.4, -0.2) is 25.0 Å². The van der Waals surface area contributed by atoms with Gasteiger partial charge in [-0.15, -0.1) is 0 Å². The lowest BCUT2D eigenvalue weighted by Gasteiger charge is -2.16. The Labute approximate surface area is 153 Å². The standard InChI is InChI=1S/C20H25N5O/c1-6-18-21-9-10-25(18)15(4)19(26)23-20-22-12-17(24(20)5)16-8-7-13(2)14(3)11-16/h7-12,15H,6H2,1-5H3,(H,22,23,26)/t15-/m0/s1. The molecule has 0 radical (unpaired) electrons. The lowest BCUT2D eigenvalue weighted by molar-refractivity contribution is -0.118. The first kappa shape index (κ1) is 17.9. The maximum absolute atomic E-state index is 12.7. The molecule has 0 aliphatic carbocycles. The van der Waals surface area contributed by atoms with E-state index in [-0.39, 0.29) is 11.9 Å². The number of aromatic nitrogens is 4. The molecule has 0 saturated carbocycles. The van der Waals surface area contributed by atoms with E-state index in [4.69, 9.17) is 0 Å². The van der Waals surface area contributed by atoms with Crippen molar-refractivity contribution in [2.45, 2.75) is 40.2 Å². The molecule has 26 heavy (non-hydrogen) atoms. The molecule has 0 aliphatic rings. The van der Waals surface area contributed by atoms with Crippen molar-refractivity contribution in [2.24, 2.45) is 7.05 Å². The summed E-state index contributed by atoms with van der Waals surface area (Å²) in [5.74, 6) is 1.31. The minimum Gasteiger partial charge on any atom is -0.323 e. The van der Waals surface area contributed by atoms with Gasteiger partial charge in [0.25, 0.3) is 0 Å². The molecule has 1 amide bonds. The van der Waals surface area contributed by atoms with Crippen LogP contribution in [0.15, 0.2) is 36.8 Å². The number of hydrogen-bond acceptors (Lipinski definition) is 3. The van der Waals surface area contributed by atoms with Gasteiger partial charge in [-0.3, -0.25) is 10.1 Å². The lowest BCUT2D eigenvalue weighted by atomic mass is 10.0. The Balaban J connectivity index is 1.82. The fourth-order valence-corrected chi connectivity index (χ4v) is 3.01. The number of benzene rings is 1. The summed E-state index contributed by atoms with van der Waals surface area (Å²) >= 11 is 0. The maximum atomic E-state index is 12.7. The Bertz CT molecular complexity index is 938. The van der Waals surface area contributed by atoms with Crippen molar-refractivity contribution in [2.75, 3.05) is 5.32 Å². The number of carbonyl (C=O) groups excluding carboxylic acids is 1. The van der Waals surface area contributed by atoms with Crippen molar-refractivity contribution in [3.63, 3.8) is 0 Å². The second-order valence-corrected chi connectivity index (χ2v) is 6.59. The Morgan fingerprint density at radius 1 is 1.23 bits per heavy atom. The molecular formula is C20H25N5O. The summed E-state index contributed by atoms with van der Waals surface area (Å²) in [4.78, 5) is 21.3. The molecule has 0 aliphatic heterocycles. The van der Waals surface area contributed by atoms with Gasteiger partial charge in [0.15, 0.2) is 0 Å². The topological polar surface area (TPSA) is 64.7 Å². The van der Waals surface area contributed by atoms with Gasteiger partial charge in [-0.05, 0) is 38.0 Å². The summed E-state index contributed by atoms with van der Waals surface area (Å²) in [5.41, 5.74) is 4.54. The quantitative estimate of drug-likeness (QED) is 0.763. The Hall–Kier alpha value is -2.89. The first-order valence-electron chi connectivity index (χ1n) is 8.84. The van der Waals surface area contributed by atoms with Gasteiger partial charge in [-0.1, -0.05) is 19.1 Å². The highest BCUT2D eigenvalue weighted by molar-refractivity contribution is 5.92. The van der Waals surface area contributed by atoms with Gasteiger partial charge < -0.3 is 9.13 Å². The number of rotatable bonds is 5. The summed E-state index contributed by atoms with van der Waals surface area (Å²) < 4.78 is 3.80. The molecule has 136 valence electrons. The zero-order chi connectivity index (χ0) is 18.8. The van der Waals surface area contributed by atoms with Crippen LogP contribution >= 0.6 is 0 Å². The predicted octanol–water partition coefficient (Wildman–Crippen LogP) is 3.66.